The van der Waals surface area contributed by atoms with Gasteiger partial charge in [-0.2, -0.15) is 0 Å². The summed E-state index contributed by atoms with van der Waals surface area (Å²) in [6.07, 6.45) is 0. The Morgan fingerprint density at radius 2 is 1.44 bits per heavy atom. The molecule has 1 aromatic rings. The van der Waals surface area contributed by atoms with Gasteiger partial charge in [-0.15, -0.1) is 0 Å². The van der Waals surface area contributed by atoms with E-state index < -0.39 is 0 Å². The molecule has 0 aromatic heterocycles. The number of alkyl halides is 1. The molecule has 0 nitrogen and oxygen atoms in total. The van der Waals surface area contributed by atoms with E-state index in [9.17, 15) is 4.39 Å². The molecule has 50 valence electrons. The summed E-state index contributed by atoms with van der Waals surface area (Å²) >= 11 is 0. The topological polar surface area (TPSA) is 0 Å². The first-order valence-electron chi connectivity index (χ1n) is 2.79. The van der Waals surface area contributed by atoms with E-state index in [0.717, 1.165) is 0 Å². The van der Waals surface area contributed by atoms with Gasteiger partial charge in [0.15, 0.2) is 0 Å². The number of rotatable bonds is 0. The van der Waals surface area contributed by atoms with E-state index in [4.69, 9.17) is 0 Å². The summed E-state index contributed by atoms with van der Waals surface area (Å²) in [5.74, 6) is 0. The molecule has 0 atom stereocenters. The molecule has 0 aliphatic heterocycles. The normalized spacial score (nSPS) is 7.44. The third kappa shape index (κ3) is 3.71. The highest BCUT2D eigenvalue weighted by atomic mass is 19.1. The van der Waals surface area contributed by atoms with Crippen LogP contribution < -0.4 is 0 Å². The maximum Gasteiger partial charge on any atom is 0.0785 e. The molecule has 0 spiro atoms. The summed E-state index contributed by atoms with van der Waals surface area (Å²) in [5.41, 5.74) is 1.32. The smallest absolute Gasteiger partial charge is 0.0785 e. The van der Waals surface area contributed by atoms with Crippen LogP contribution in [0.15, 0.2) is 30.3 Å². The van der Waals surface area contributed by atoms with Gasteiger partial charge >= 0.3 is 0 Å². The second-order valence-electron chi connectivity index (χ2n) is 1.65. The molecule has 0 bridgehead atoms. The Hall–Kier alpha value is -0.850. The van der Waals surface area contributed by atoms with Crippen LogP contribution in [0.2, 0.25) is 0 Å². The number of halogens is 1. The minimum Gasteiger partial charge on any atom is -0.255 e. The Morgan fingerprint density at radius 1 is 1.00 bits per heavy atom. The molecule has 0 radical (unpaired) electrons. The first-order chi connectivity index (χ1) is 4.39. The molecular formula is C8H11F. The van der Waals surface area contributed by atoms with Gasteiger partial charge in [-0.25, -0.2) is 0 Å². The zero-order chi connectivity index (χ0) is 7.11. The zero-order valence-electron chi connectivity index (χ0n) is 5.76. The average molecular weight is 126 g/mol. The van der Waals surface area contributed by atoms with E-state index in [2.05, 4.69) is 19.1 Å². The van der Waals surface area contributed by atoms with Crippen molar-refractivity contribution in [2.75, 3.05) is 7.18 Å². The van der Waals surface area contributed by atoms with Gasteiger partial charge in [0.05, 0.1) is 7.18 Å². The minimum absolute atomic E-state index is 0.500. The van der Waals surface area contributed by atoms with Gasteiger partial charge in [0.25, 0.3) is 0 Å². The average Bonchev–Trinajstić information content (AvgIpc) is 1.94. The molecule has 0 aliphatic rings. The largest absolute Gasteiger partial charge is 0.255 e. The fourth-order valence-electron chi connectivity index (χ4n) is 0.534. The summed E-state index contributed by atoms with van der Waals surface area (Å²) in [7, 11) is 0.500. The predicted molar refractivity (Wildman–Crippen MR) is 38.2 cm³/mol. The van der Waals surface area contributed by atoms with Crippen molar-refractivity contribution in [1.82, 2.24) is 0 Å². The summed E-state index contributed by atoms with van der Waals surface area (Å²) in [4.78, 5) is 0. The number of hydrogen-bond acceptors (Lipinski definition) is 0. The Labute approximate surface area is 55.3 Å². The van der Waals surface area contributed by atoms with Crippen molar-refractivity contribution in [2.24, 2.45) is 0 Å². The van der Waals surface area contributed by atoms with Crippen LogP contribution in [0.4, 0.5) is 4.39 Å². The lowest BCUT2D eigenvalue weighted by molar-refractivity contribution is 0.636. The molecule has 1 heteroatoms. The third-order valence-corrected chi connectivity index (χ3v) is 0.940. The van der Waals surface area contributed by atoms with Crippen molar-refractivity contribution in [3.63, 3.8) is 0 Å². The predicted octanol–water partition coefficient (Wildman–Crippen LogP) is 2.58. The second kappa shape index (κ2) is 5.29. The molecule has 0 saturated carbocycles. The van der Waals surface area contributed by atoms with Crippen LogP contribution in [0.3, 0.4) is 0 Å². The Morgan fingerprint density at radius 3 is 1.67 bits per heavy atom. The SMILES string of the molecule is CF.Cc1ccccc1. The summed E-state index contributed by atoms with van der Waals surface area (Å²) in [5, 5.41) is 0. The minimum atomic E-state index is 0.500. The fourth-order valence-corrected chi connectivity index (χ4v) is 0.534. The van der Waals surface area contributed by atoms with Crippen LogP contribution in [0.25, 0.3) is 0 Å². The van der Waals surface area contributed by atoms with E-state index >= 15 is 0 Å². The van der Waals surface area contributed by atoms with Crippen molar-refractivity contribution < 1.29 is 4.39 Å². The monoisotopic (exact) mass is 126 g/mol. The summed E-state index contributed by atoms with van der Waals surface area (Å²) in [6.45, 7) is 2.08. The number of hydrogen-bond donors (Lipinski definition) is 0. The van der Waals surface area contributed by atoms with E-state index in [1.807, 2.05) is 18.2 Å². The third-order valence-electron chi connectivity index (χ3n) is 0.940. The Balaban J connectivity index is 0.000000291. The van der Waals surface area contributed by atoms with Crippen LogP contribution in [-0.4, -0.2) is 7.18 Å². The molecule has 0 heterocycles. The molecule has 0 saturated heterocycles. The highest BCUT2D eigenvalue weighted by Crippen LogP contribution is 1.92. The van der Waals surface area contributed by atoms with E-state index in [1.54, 1.807) is 0 Å². The van der Waals surface area contributed by atoms with Crippen LogP contribution in [-0.2, 0) is 0 Å². The molecule has 0 aliphatic carbocycles. The highest BCUT2D eigenvalue weighted by molar-refractivity contribution is 5.11. The lowest BCUT2D eigenvalue weighted by atomic mass is 10.2. The molecule has 0 unspecified atom stereocenters. The number of benzene rings is 1. The van der Waals surface area contributed by atoms with Gasteiger partial charge in [-0.1, -0.05) is 35.9 Å². The van der Waals surface area contributed by atoms with Gasteiger partial charge in [-0.05, 0) is 6.92 Å². The highest BCUT2D eigenvalue weighted by Gasteiger charge is 1.72. The van der Waals surface area contributed by atoms with Crippen LogP contribution >= 0.6 is 0 Å². The van der Waals surface area contributed by atoms with Gasteiger partial charge in [0.1, 0.15) is 0 Å². The molecule has 1 rings (SSSR count). The van der Waals surface area contributed by atoms with Crippen molar-refractivity contribution in [2.45, 2.75) is 6.92 Å². The van der Waals surface area contributed by atoms with Gasteiger partial charge in [0.2, 0.25) is 0 Å². The van der Waals surface area contributed by atoms with Crippen molar-refractivity contribution in [3.05, 3.63) is 35.9 Å². The molecule has 0 N–H and O–H groups in total. The zero-order valence-corrected chi connectivity index (χ0v) is 5.76. The van der Waals surface area contributed by atoms with Gasteiger partial charge in [0, 0.05) is 0 Å². The molecule has 0 fully saturated rings. The first kappa shape index (κ1) is 8.15. The van der Waals surface area contributed by atoms with Crippen molar-refractivity contribution in [1.29, 1.82) is 0 Å². The lowest BCUT2D eigenvalue weighted by Crippen LogP contribution is -1.62. The van der Waals surface area contributed by atoms with E-state index in [0.29, 0.717) is 7.18 Å². The van der Waals surface area contributed by atoms with Crippen molar-refractivity contribution in [3.8, 4) is 0 Å². The maximum atomic E-state index is 9.50. The molecule has 1 aromatic carbocycles. The van der Waals surface area contributed by atoms with Crippen LogP contribution in [0.1, 0.15) is 5.56 Å². The second-order valence-corrected chi connectivity index (χ2v) is 1.65. The summed E-state index contributed by atoms with van der Waals surface area (Å²) in [6, 6.07) is 10.3. The van der Waals surface area contributed by atoms with Gasteiger partial charge in [-0.3, -0.25) is 4.39 Å². The Bertz CT molecular complexity index is 134. The molecule has 9 heavy (non-hydrogen) atoms. The van der Waals surface area contributed by atoms with Crippen molar-refractivity contribution >= 4 is 0 Å². The quantitative estimate of drug-likeness (QED) is 0.501. The molecular weight excluding hydrogens is 115 g/mol. The van der Waals surface area contributed by atoms with E-state index in [1.165, 1.54) is 5.56 Å². The fraction of sp³-hybridized carbons (Fsp3) is 0.250. The van der Waals surface area contributed by atoms with Crippen LogP contribution in [0.5, 0.6) is 0 Å². The Kier molecular flexibility index (Phi) is 4.79. The van der Waals surface area contributed by atoms with E-state index in [-0.39, 0.29) is 0 Å². The standard InChI is InChI=1S/C7H8.CH3F/c1-7-5-3-2-4-6-7;1-2/h2-6H,1H3;1H3. The van der Waals surface area contributed by atoms with Crippen LogP contribution in [0, 0.1) is 6.92 Å². The lowest BCUT2D eigenvalue weighted by Gasteiger charge is -1.82. The molecule has 0 amide bonds. The van der Waals surface area contributed by atoms with Gasteiger partial charge < -0.3 is 0 Å². The summed E-state index contributed by atoms with van der Waals surface area (Å²) < 4.78 is 9.50. The first-order valence-corrected chi connectivity index (χ1v) is 2.79. The maximum absolute atomic E-state index is 9.50. The number of aryl methyl sites for hydroxylation is 1.